The third kappa shape index (κ3) is 4.67. The van der Waals surface area contributed by atoms with Crippen molar-refractivity contribution in [1.82, 2.24) is 20.0 Å². The zero-order valence-corrected chi connectivity index (χ0v) is 16.9. The molecule has 1 unspecified atom stereocenters. The number of benzene rings is 1. The summed E-state index contributed by atoms with van der Waals surface area (Å²) in [7, 11) is 0. The van der Waals surface area contributed by atoms with Gasteiger partial charge in [-0.05, 0) is 68.5 Å². The molecule has 2 aliphatic rings. The molecule has 7 nitrogen and oxygen atoms in total. The van der Waals surface area contributed by atoms with Gasteiger partial charge in [0, 0.05) is 37.1 Å². The molecule has 0 spiro atoms. The first-order chi connectivity index (χ1) is 14.1. The molecule has 1 aromatic heterocycles. The van der Waals surface area contributed by atoms with E-state index in [1.165, 1.54) is 0 Å². The Morgan fingerprint density at radius 2 is 1.86 bits per heavy atom. The number of nitrogens with one attached hydrogen (secondary N) is 2. The molecule has 1 aromatic carbocycles. The first kappa shape index (κ1) is 19.6. The second-order valence-electron chi connectivity index (χ2n) is 8.19. The zero-order chi connectivity index (χ0) is 20.2. The van der Waals surface area contributed by atoms with Gasteiger partial charge in [0.2, 0.25) is 0 Å². The van der Waals surface area contributed by atoms with Crippen LogP contribution in [0.3, 0.4) is 0 Å². The van der Waals surface area contributed by atoms with E-state index >= 15 is 0 Å². The van der Waals surface area contributed by atoms with Crippen LogP contribution in [0.4, 0.5) is 5.69 Å². The van der Waals surface area contributed by atoms with E-state index in [1.54, 1.807) is 30.3 Å². The standard InChI is InChI=1S/C22H29N5O2/c1-16-8-12-26(13-9-16)22(29)17-4-6-18(7-5-17)24-21(28)20-10-14-27(25-20)19-3-2-11-23-15-19/h4-7,10,14,16,19,23H,2-3,8-9,11-13,15H2,1H3,(H,24,28). The quantitative estimate of drug-likeness (QED) is 0.834. The Bertz CT molecular complexity index is 846. The normalized spacial score (nSPS) is 20.4. The van der Waals surface area contributed by atoms with Gasteiger partial charge in [0.15, 0.2) is 5.69 Å². The largest absolute Gasteiger partial charge is 0.339 e. The van der Waals surface area contributed by atoms with Crippen LogP contribution < -0.4 is 10.6 Å². The number of piperidine rings is 2. The van der Waals surface area contributed by atoms with Gasteiger partial charge in [0.1, 0.15) is 0 Å². The molecule has 1 atom stereocenters. The summed E-state index contributed by atoms with van der Waals surface area (Å²) < 4.78 is 1.88. The van der Waals surface area contributed by atoms with Crippen molar-refractivity contribution in [1.29, 1.82) is 0 Å². The van der Waals surface area contributed by atoms with Crippen LogP contribution in [0.1, 0.15) is 59.5 Å². The highest BCUT2D eigenvalue weighted by Gasteiger charge is 2.22. The number of nitrogens with zero attached hydrogens (tertiary/aromatic N) is 3. The van der Waals surface area contributed by atoms with E-state index < -0.39 is 0 Å². The molecule has 2 amide bonds. The smallest absolute Gasteiger partial charge is 0.276 e. The van der Waals surface area contributed by atoms with Crippen LogP contribution in [0.5, 0.6) is 0 Å². The molecule has 7 heteroatoms. The lowest BCUT2D eigenvalue weighted by atomic mass is 9.98. The molecule has 3 heterocycles. The van der Waals surface area contributed by atoms with Crippen molar-refractivity contribution in [3.05, 3.63) is 47.8 Å². The molecular formula is C22H29N5O2. The van der Waals surface area contributed by atoms with Crippen LogP contribution in [0.15, 0.2) is 36.5 Å². The minimum Gasteiger partial charge on any atom is -0.339 e. The van der Waals surface area contributed by atoms with E-state index in [4.69, 9.17) is 0 Å². The molecule has 2 saturated heterocycles. The number of carbonyl (C=O) groups is 2. The summed E-state index contributed by atoms with van der Waals surface area (Å²) in [5, 5.41) is 10.7. The second-order valence-corrected chi connectivity index (χ2v) is 8.19. The molecule has 0 bridgehead atoms. The lowest BCUT2D eigenvalue weighted by molar-refractivity contribution is 0.0697. The van der Waals surface area contributed by atoms with E-state index in [0.717, 1.165) is 51.9 Å². The molecule has 154 valence electrons. The van der Waals surface area contributed by atoms with Gasteiger partial charge in [0.25, 0.3) is 11.8 Å². The van der Waals surface area contributed by atoms with Crippen molar-refractivity contribution in [2.45, 2.75) is 38.6 Å². The molecule has 0 saturated carbocycles. The number of anilines is 1. The van der Waals surface area contributed by atoms with Crippen LogP contribution in [0.2, 0.25) is 0 Å². The average molecular weight is 396 g/mol. The van der Waals surface area contributed by atoms with E-state index in [1.807, 2.05) is 15.8 Å². The number of hydrogen-bond donors (Lipinski definition) is 2. The van der Waals surface area contributed by atoms with Crippen molar-refractivity contribution >= 4 is 17.5 Å². The Balaban J connectivity index is 1.35. The average Bonchev–Trinajstić information content (AvgIpc) is 3.26. The van der Waals surface area contributed by atoms with Gasteiger partial charge in [-0.3, -0.25) is 14.3 Å². The highest BCUT2D eigenvalue weighted by Crippen LogP contribution is 2.20. The minimum absolute atomic E-state index is 0.0645. The first-order valence-electron chi connectivity index (χ1n) is 10.6. The van der Waals surface area contributed by atoms with Gasteiger partial charge in [-0.25, -0.2) is 0 Å². The van der Waals surface area contributed by atoms with Gasteiger partial charge in [-0.2, -0.15) is 5.10 Å². The summed E-state index contributed by atoms with van der Waals surface area (Å²) >= 11 is 0. The van der Waals surface area contributed by atoms with Crippen LogP contribution in [0, 0.1) is 5.92 Å². The van der Waals surface area contributed by atoms with E-state index in [2.05, 4.69) is 22.7 Å². The van der Waals surface area contributed by atoms with Crippen molar-refractivity contribution < 1.29 is 9.59 Å². The van der Waals surface area contributed by atoms with Crippen LogP contribution in [-0.2, 0) is 0 Å². The third-order valence-corrected chi connectivity index (χ3v) is 5.95. The highest BCUT2D eigenvalue weighted by molar-refractivity contribution is 6.03. The molecular weight excluding hydrogens is 366 g/mol. The monoisotopic (exact) mass is 395 g/mol. The molecule has 0 aliphatic carbocycles. The Kier molecular flexibility index (Phi) is 5.94. The van der Waals surface area contributed by atoms with Gasteiger partial charge in [0.05, 0.1) is 6.04 Å². The maximum atomic E-state index is 12.6. The molecule has 4 rings (SSSR count). The number of rotatable bonds is 4. The van der Waals surface area contributed by atoms with Crippen molar-refractivity contribution in [3.63, 3.8) is 0 Å². The van der Waals surface area contributed by atoms with Gasteiger partial charge in [-0.15, -0.1) is 0 Å². The predicted molar refractivity (Wildman–Crippen MR) is 112 cm³/mol. The van der Waals surface area contributed by atoms with E-state index in [9.17, 15) is 9.59 Å². The van der Waals surface area contributed by atoms with Gasteiger partial charge >= 0.3 is 0 Å². The Morgan fingerprint density at radius 3 is 2.55 bits per heavy atom. The fourth-order valence-corrected chi connectivity index (χ4v) is 4.01. The van der Waals surface area contributed by atoms with Crippen molar-refractivity contribution in [3.8, 4) is 0 Å². The molecule has 0 radical (unpaired) electrons. The lowest BCUT2D eigenvalue weighted by Crippen LogP contribution is -2.37. The summed E-state index contributed by atoms with van der Waals surface area (Å²) in [5.74, 6) is 0.515. The topological polar surface area (TPSA) is 79.3 Å². The van der Waals surface area contributed by atoms with Crippen molar-refractivity contribution in [2.24, 2.45) is 5.92 Å². The second kappa shape index (κ2) is 8.78. The maximum absolute atomic E-state index is 12.6. The summed E-state index contributed by atoms with van der Waals surface area (Å²) in [6, 6.07) is 9.16. The van der Waals surface area contributed by atoms with Crippen LogP contribution in [0.25, 0.3) is 0 Å². The molecule has 29 heavy (non-hydrogen) atoms. The molecule has 2 N–H and O–H groups in total. The highest BCUT2D eigenvalue weighted by atomic mass is 16.2. The third-order valence-electron chi connectivity index (χ3n) is 5.95. The minimum atomic E-state index is -0.239. The summed E-state index contributed by atoms with van der Waals surface area (Å²) in [6.45, 7) is 5.79. The molecule has 2 aliphatic heterocycles. The molecule has 2 fully saturated rings. The van der Waals surface area contributed by atoms with Crippen LogP contribution >= 0.6 is 0 Å². The van der Waals surface area contributed by atoms with Crippen molar-refractivity contribution in [2.75, 3.05) is 31.5 Å². The van der Waals surface area contributed by atoms with Gasteiger partial charge < -0.3 is 15.5 Å². The number of hydrogen-bond acceptors (Lipinski definition) is 4. The fourth-order valence-electron chi connectivity index (χ4n) is 4.01. The summed E-state index contributed by atoms with van der Waals surface area (Å²) in [5.41, 5.74) is 1.72. The summed E-state index contributed by atoms with van der Waals surface area (Å²) in [4.78, 5) is 27.1. The lowest BCUT2D eigenvalue weighted by Gasteiger charge is -2.30. The summed E-state index contributed by atoms with van der Waals surface area (Å²) in [6.07, 6.45) is 6.18. The zero-order valence-electron chi connectivity index (χ0n) is 16.9. The number of carbonyl (C=O) groups excluding carboxylic acids is 2. The Labute approximate surface area is 171 Å². The number of amides is 2. The van der Waals surface area contributed by atoms with Gasteiger partial charge in [-0.1, -0.05) is 6.92 Å². The first-order valence-corrected chi connectivity index (χ1v) is 10.6. The van der Waals surface area contributed by atoms with E-state index in [-0.39, 0.29) is 11.8 Å². The predicted octanol–water partition coefficient (Wildman–Crippen LogP) is 2.93. The molecule has 2 aromatic rings. The maximum Gasteiger partial charge on any atom is 0.276 e. The number of likely N-dealkylation sites (tertiary alicyclic amines) is 1. The fraction of sp³-hybridized carbons (Fsp3) is 0.500. The SMILES string of the molecule is CC1CCN(C(=O)c2ccc(NC(=O)c3ccn(C4CCCNC4)n3)cc2)CC1. The van der Waals surface area contributed by atoms with E-state index in [0.29, 0.717) is 28.9 Å². The van der Waals surface area contributed by atoms with Crippen LogP contribution in [-0.4, -0.2) is 52.7 Å². The Morgan fingerprint density at radius 1 is 1.10 bits per heavy atom. The Hall–Kier alpha value is -2.67. The number of aromatic nitrogens is 2.